The second kappa shape index (κ2) is 4.19. The molecule has 1 fully saturated rings. The molecule has 2 rings (SSSR count). The minimum atomic E-state index is -0.0943. The van der Waals surface area contributed by atoms with Gasteiger partial charge in [0.2, 0.25) is 0 Å². The summed E-state index contributed by atoms with van der Waals surface area (Å²) in [6.45, 7) is 2.19. The zero-order valence-corrected chi connectivity index (χ0v) is 10.5. The third-order valence-corrected chi connectivity index (χ3v) is 4.05. The normalized spacial score (nSPS) is 20.4. The molecule has 0 amide bonds. The number of alkyl halides is 1. The minimum absolute atomic E-state index is 0.0943. The third kappa shape index (κ3) is 2.28. The molecule has 0 radical (unpaired) electrons. The summed E-state index contributed by atoms with van der Waals surface area (Å²) in [6, 6.07) is 10.5. The van der Waals surface area contributed by atoms with Gasteiger partial charge in [-0.05, 0) is 25.3 Å². The van der Waals surface area contributed by atoms with E-state index in [1.807, 2.05) is 6.07 Å². The quantitative estimate of drug-likeness (QED) is 0.611. The molecule has 14 heavy (non-hydrogen) atoms. The maximum Gasteiger partial charge on any atom is 0.0996 e. The molecular weight excluding hydrogens is 287 g/mol. The van der Waals surface area contributed by atoms with Crippen LogP contribution in [0.15, 0.2) is 30.3 Å². The summed E-state index contributed by atoms with van der Waals surface area (Å²) in [5.41, 5.74) is 1.20. The van der Waals surface area contributed by atoms with E-state index in [9.17, 15) is 0 Å². The molecule has 1 unspecified atom stereocenters. The molecule has 76 valence electrons. The Kier molecular flexibility index (Phi) is 3.12. The lowest BCUT2D eigenvalue weighted by atomic mass is 9.98. The zero-order chi connectivity index (χ0) is 10.0. The molecule has 0 bridgehead atoms. The van der Waals surface area contributed by atoms with E-state index in [0.717, 1.165) is 4.43 Å². The van der Waals surface area contributed by atoms with E-state index < -0.39 is 0 Å². The first-order chi connectivity index (χ1) is 6.74. The maximum absolute atomic E-state index is 6.08. The van der Waals surface area contributed by atoms with Crippen LogP contribution >= 0.6 is 22.6 Å². The lowest BCUT2D eigenvalue weighted by Gasteiger charge is -2.28. The van der Waals surface area contributed by atoms with Gasteiger partial charge in [-0.1, -0.05) is 52.9 Å². The van der Waals surface area contributed by atoms with E-state index in [1.54, 1.807) is 0 Å². The minimum Gasteiger partial charge on any atom is -0.367 e. The van der Waals surface area contributed by atoms with Crippen LogP contribution in [-0.2, 0) is 10.3 Å². The Labute approximate surface area is 99.0 Å². The highest BCUT2D eigenvalue weighted by Gasteiger charge is 2.34. The molecular formula is C12H15IO. The summed E-state index contributed by atoms with van der Waals surface area (Å²) in [5.74, 6) is 0. The summed E-state index contributed by atoms with van der Waals surface area (Å²) in [6.07, 6.45) is 2.98. The van der Waals surface area contributed by atoms with Crippen molar-refractivity contribution in [2.75, 3.05) is 4.43 Å². The van der Waals surface area contributed by atoms with Crippen LogP contribution in [0.3, 0.4) is 0 Å². The number of ether oxygens (including phenoxy) is 1. The van der Waals surface area contributed by atoms with Crippen LogP contribution < -0.4 is 0 Å². The van der Waals surface area contributed by atoms with Crippen molar-refractivity contribution in [1.82, 2.24) is 0 Å². The van der Waals surface area contributed by atoms with Gasteiger partial charge < -0.3 is 4.74 Å². The SMILES string of the molecule is CC(CI)(OC1CC1)c1ccccc1. The Bertz CT molecular complexity index is 294. The Hall–Kier alpha value is -0.0900. The lowest BCUT2D eigenvalue weighted by Crippen LogP contribution is -2.28. The van der Waals surface area contributed by atoms with E-state index in [4.69, 9.17) is 4.74 Å². The first kappa shape index (κ1) is 10.4. The Morgan fingerprint density at radius 1 is 1.36 bits per heavy atom. The van der Waals surface area contributed by atoms with Crippen molar-refractivity contribution in [2.24, 2.45) is 0 Å². The van der Waals surface area contributed by atoms with Gasteiger partial charge in [0.15, 0.2) is 0 Å². The van der Waals surface area contributed by atoms with Crippen molar-refractivity contribution in [2.45, 2.75) is 31.5 Å². The van der Waals surface area contributed by atoms with Gasteiger partial charge in [0.05, 0.1) is 11.7 Å². The maximum atomic E-state index is 6.08. The zero-order valence-electron chi connectivity index (χ0n) is 8.37. The topological polar surface area (TPSA) is 9.23 Å². The highest BCUT2D eigenvalue weighted by Crippen LogP contribution is 2.36. The van der Waals surface area contributed by atoms with E-state index in [-0.39, 0.29) is 5.60 Å². The molecule has 0 aromatic heterocycles. The monoisotopic (exact) mass is 302 g/mol. The lowest BCUT2D eigenvalue weighted by molar-refractivity contribution is -0.0277. The van der Waals surface area contributed by atoms with Crippen molar-refractivity contribution in [3.8, 4) is 0 Å². The summed E-state index contributed by atoms with van der Waals surface area (Å²) >= 11 is 2.41. The Morgan fingerprint density at radius 2 is 2.00 bits per heavy atom. The van der Waals surface area contributed by atoms with Crippen LogP contribution in [0.25, 0.3) is 0 Å². The van der Waals surface area contributed by atoms with Crippen molar-refractivity contribution >= 4 is 22.6 Å². The van der Waals surface area contributed by atoms with Gasteiger partial charge in [-0.2, -0.15) is 0 Å². The van der Waals surface area contributed by atoms with Gasteiger partial charge >= 0.3 is 0 Å². The van der Waals surface area contributed by atoms with Crippen LogP contribution in [0.5, 0.6) is 0 Å². The molecule has 0 aliphatic heterocycles. The number of hydrogen-bond donors (Lipinski definition) is 0. The van der Waals surface area contributed by atoms with Crippen LogP contribution in [0.1, 0.15) is 25.3 Å². The molecule has 1 aliphatic rings. The van der Waals surface area contributed by atoms with Gasteiger partial charge in [0.1, 0.15) is 0 Å². The molecule has 0 N–H and O–H groups in total. The first-order valence-electron chi connectivity index (χ1n) is 5.04. The van der Waals surface area contributed by atoms with E-state index in [0.29, 0.717) is 6.10 Å². The van der Waals surface area contributed by atoms with Crippen molar-refractivity contribution < 1.29 is 4.74 Å². The highest BCUT2D eigenvalue weighted by atomic mass is 127. The molecule has 1 aromatic rings. The van der Waals surface area contributed by atoms with Gasteiger partial charge in [0, 0.05) is 4.43 Å². The van der Waals surface area contributed by atoms with E-state index in [1.165, 1.54) is 18.4 Å². The van der Waals surface area contributed by atoms with Crippen molar-refractivity contribution in [1.29, 1.82) is 0 Å². The summed E-state index contributed by atoms with van der Waals surface area (Å²) in [7, 11) is 0. The molecule has 0 heterocycles. The summed E-state index contributed by atoms with van der Waals surface area (Å²) in [4.78, 5) is 0. The second-order valence-corrected chi connectivity index (χ2v) is 4.81. The van der Waals surface area contributed by atoms with Crippen LogP contribution in [0.2, 0.25) is 0 Å². The van der Waals surface area contributed by atoms with Crippen LogP contribution in [-0.4, -0.2) is 10.5 Å². The third-order valence-electron chi connectivity index (χ3n) is 2.59. The van der Waals surface area contributed by atoms with Gasteiger partial charge in [-0.25, -0.2) is 0 Å². The fourth-order valence-corrected chi connectivity index (χ4v) is 2.14. The van der Waals surface area contributed by atoms with Crippen LogP contribution in [0.4, 0.5) is 0 Å². The molecule has 0 spiro atoms. The molecule has 1 aromatic carbocycles. The molecule has 2 heteroatoms. The summed E-state index contributed by atoms with van der Waals surface area (Å²) in [5, 5.41) is 0. The average molecular weight is 302 g/mol. The predicted octanol–water partition coefficient (Wildman–Crippen LogP) is 3.52. The number of halogens is 1. The van der Waals surface area contributed by atoms with Crippen LogP contribution in [0, 0.1) is 0 Å². The Balaban J connectivity index is 2.17. The molecule has 1 nitrogen and oxygen atoms in total. The second-order valence-electron chi connectivity index (χ2n) is 4.05. The van der Waals surface area contributed by atoms with E-state index >= 15 is 0 Å². The molecule has 0 saturated heterocycles. The first-order valence-corrected chi connectivity index (χ1v) is 6.56. The predicted molar refractivity (Wildman–Crippen MR) is 66.8 cm³/mol. The van der Waals surface area contributed by atoms with E-state index in [2.05, 4.69) is 53.8 Å². The average Bonchev–Trinajstić information content (AvgIpc) is 3.03. The smallest absolute Gasteiger partial charge is 0.0996 e. The Morgan fingerprint density at radius 3 is 2.50 bits per heavy atom. The number of rotatable bonds is 4. The highest BCUT2D eigenvalue weighted by molar-refractivity contribution is 14.1. The number of benzene rings is 1. The van der Waals surface area contributed by atoms with Crippen molar-refractivity contribution in [3.63, 3.8) is 0 Å². The molecule has 1 aliphatic carbocycles. The molecule has 1 atom stereocenters. The fourth-order valence-electron chi connectivity index (χ4n) is 1.52. The standard InChI is InChI=1S/C12H15IO/c1-12(9-13,14-11-7-8-11)10-5-3-2-4-6-10/h2-6,11H,7-9H2,1H3. The summed E-state index contributed by atoms with van der Waals surface area (Å²) < 4.78 is 7.08. The fraction of sp³-hybridized carbons (Fsp3) is 0.500. The molecule has 1 saturated carbocycles. The van der Waals surface area contributed by atoms with Gasteiger partial charge in [-0.15, -0.1) is 0 Å². The van der Waals surface area contributed by atoms with Gasteiger partial charge in [-0.3, -0.25) is 0 Å². The van der Waals surface area contributed by atoms with Gasteiger partial charge in [0.25, 0.3) is 0 Å². The van der Waals surface area contributed by atoms with Crippen molar-refractivity contribution in [3.05, 3.63) is 35.9 Å². The largest absolute Gasteiger partial charge is 0.367 e. The number of hydrogen-bond acceptors (Lipinski definition) is 1.